The third-order valence-corrected chi connectivity index (χ3v) is 5.17. The lowest BCUT2D eigenvalue weighted by molar-refractivity contribution is 0.168. The molecule has 31 heavy (non-hydrogen) atoms. The van der Waals surface area contributed by atoms with E-state index >= 15 is 0 Å². The summed E-state index contributed by atoms with van der Waals surface area (Å²) in [4.78, 5) is 17.1. The van der Waals surface area contributed by atoms with Crippen LogP contribution in [0.1, 0.15) is 13.3 Å². The molecule has 3 N–H and O–H groups in total. The lowest BCUT2D eigenvalue weighted by atomic mass is 9.97. The number of carbonyl (C=O) groups excluding carboxylic acids is 1. The van der Waals surface area contributed by atoms with E-state index in [0.717, 1.165) is 33.3 Å². The zero-order chi connectivity index (χ0) is 21.6. The van der Waals surface area contributed by atoms with E-state index in [4.69, 9.17) is 4.98 Å². The summed E-state index contributed by atoms with van der Waals surface area (Å²) in [6.45, 7) is 2.09. The molecule has 1 heterocycles. The SMILES string of the molecule is CC[C@@H](O)CNC(=O)Nc1ccc2nc(-c3ccccc3)c(-c3ccccc3)cc2c1. The largest absolute Gasteiger partial charge is 0.391 e. The van der Waals surface area contributed by atoms with Crippen LogP contribution in [0.15, 0.2) is 84.9 Å². The van der Waals surface area contributed by atoms with Crippen molar-refractivity contribution in [1.29, 1.82) is 0 Å². The van der Waals surface area contributed by atoms with Gasteiger partial charge in [0.25, 0.3) is 0 Å². The van der Waals surface area contributed by atoms with Gasteiger partial charge in [-0.1, -0.05) is 67.6 Å². The number of benzene rings is 3. The molecule has 0 aliphatic heterocycles. The van der Waals surface area contributed by atoms with Gasteiger partial charge in [0.1, 0.15) is 0 Å². The summed E-state index contributed by atoms with van der Waals surface area (Å²) in [6, 6.07) is 27.7. The number of pyridine rings is 1. The van der Waals surface area contributed by atoms with Crippen LogP contribution in [-0.2, 0) is 0 Å². The van der Waals surface area contributed by atoms with Gasteiger partial charge in [0.15, 0.2) is 0 Å². The number of aliphatic hydroxyl groups excluding tert-OH is 1. The maximum absolute atomic E-state index is 12.1. The summed E-state index contributed by atoms with van der Waals surface area (Å²) >= 11 is 0. The smallest absolute Gasteiger partial charge is 0.319 e. The summed E-state index contributed by atoms with van der Waals surface area (Å²) in [5, 5.41) is 16.1. The third-order valence-electron chi connectivity index (χ3n) is 5.17. The van der Waals surface area contributed by atoms with Gasteiger partial charge in [-0.2, -0.15) is 0 Å². The topological polar surface area (TPSA) is 74.2 Å². The first-order chi connectivity index (χ1) is 15.1. The molecule has 0 saturated heterocycles. The van der Waals surface area contributed by atoms with E-state index in [-0.39, 0.29) is 12.6 Å². The van der Waals surface area contributed by atoms with Gasteiger partial charge < -0.3 is 15.7 Å². The Labute approximate surface area is 181 Å². The molecule has 0 unspecified atom stereocenters. The van der Waals surface area contributed by atoms with Crippen LogP contribution in [0.4, 0.5) is 10.5 Å². The van der Waals surface area contributed by atoms with Crippen LogP contribution >= 0.6 is 0 Å². The van der Waals surface area contributed by atoms with E-state index in [1.54, 1.807) is 0 Å². The average Bonchev–Trinajstić information content (AvgIpc) is 2.82. The van der Waals surface area contributed by atoms with Crippen LogP contribution in [0, 0.1) is 0 Å². The number of fused-ring (bicyclic) bond motifs is 1. The molecule has 5 nitrogen and oxygen atoms in total. The van der Waals surface area contributed by atoms with Crippen molar-refractivity contribution in [3.05, 3.63) is 84.9 Å². The molecule has 0 fully saturated rings. The van der Waals surface area contributed by atoms with E-state index < -0.39 is 6.10 Å². The Balaban J connectivity index is 1.70. The highest BCUT2D eigenvalue weighted by atomic mass is 16.3. The van der Waals surface area contributed by atoms with Crippen molar-refractivity contribution >= 4 is 22.6 Å². The molecule has 5 heteroatoms. The number of nitrogens with zero attached hydrogens (tertiary/aromatic N) is 1. The van der Waals surface area contributed by atoms with Gasteiger partial charge in [0, 0.05) is 28.7 Å². The number of hydrogen-bond donors (Lipinski definition) is 3. The van der Waals surface area contributed by atoms with Crippen LogP contribution in [-0.4, -0.2) is 28.8 Å². The summed E-state index contributed by atoms with van der Waals surface area (Å²) < 4.78 is 0. The zero-order valence-electron chi connectivity index (χ0n) is 17.4. The van der Waals surface area contributed by atoms with Crippen LogP contribution in [0.25, 0.3) is 33.3 Å². The molecule has 1 atom stereocenters. The van der Waals surface area contributed by atoms with Gasteiger partial charge in [-0.15, -0.1) is 0 Å². The van der Waals surface area contributed by atoms with Gasteiger partial charge in [-0.25, -0.2) is 9.78 Å². The van der Waals surface area contributed by atoms with E-state index in [2.05, 4.69) is 41.0 Å². The molecule has 4 rings (SSSR count). The average molecular weight is 412 g/mol. The minimum Gasteiger partial charge on any atom is -0.391 e. The number of aliphatic hydroxyl groups is 1. The van der Waals surface area contributed by atoms with Gasteiger partial charge in [-0.05, 0) is 36.2 Å². The molecule has 0 aliphatic rings. The number of amides is 2. The number of carbonyl (C=O) groups is 1. The molecule has 3 aromatic carbocycles. The number of aromatic nitrogens is 1. The molecule has 0 aliphatic carbocycles. The molecule has 4 aromatic rings. The monoisotopic (exact) mass is 411 g/mol. The summed E-state index contributed by atoms with van der Waals surface area (Å²) in [7, 11) is 0. The fourth-order valence-electron chi connectivity index (χ4n) is 3.44. The highest BCUT2D eigenvalue weighted by Gasteiger charge is 2.12. The first-order valence-corrected chi connectivity index (χ1v) is 10.4. The standard InChI is InChI=1S/C26H25N3O2/c1-2-22(30)17-27-26(31)28-21-13-14-24-20(15-21)16-23(18-9-5-3-6-10-18)25(29-24)19-11-7-4-8-12-19/h3-16,22,30H,2,17H2,1H3,(H2,27,28,31)/t22-/m1/s1. The van der Waals surface area contributed by atoms with Crippen LogP contribution in [0.5, 0.6) is 0 Å². The predicted octanol–water partition coefficient (Wildman–Crippen LogP) is 5.46. The highest BCUT2D eigenvalue weighted by Crippen LogP contribution is 2.34. The van der Waals surface area contributed by atoms with Crippen LogP contribution < -0.4 is 10.6 Å². The van der Waals surface area contributed by atoms with Crippen molar-refractivity contribution in [2.45, 2.75) is 19.4 Å². The maximum Gasteiger partial charge on any atom is 0.319 e. The van der Waals surface area contributed by atoms with E-state index in [0.29, 0.717) is 12.1 Å². The van der Waals surface area contributed by atoms with Crippen molar-refractivity contribution in [3.8, 4) is 22.4 Å². The molecule has 0 radical (unpaired) electrons. The molecule has 2 amide bonds. The lowest BCUT2D eigenvalue weighted by Gasteiger charge is -2.13. The van der Waals surface area contributed by atoms with Crippen LogP contribution in [0.2, 0.25) is 0 Å². The first kappa shape index (κ1) is 20.6. The number of rotatable bonds is 6. The number of nitrogens with one attached hydrogen (secondary N) is 2. The fourth-order valence-corrected chi connectivity index (χ4v) is 3.44. The molecule has 0 saturated carbocycles. The molecular weight excluding hydrogens is 386 g/mol. The zero-order valence-corrected chi connectivity index (χ0v) is 17.4. The Morgan fingerprint density at radius 2 is 1.61 bits per heavy atom. The van der Waals surface area contributed by atoms with Gasteiger partial charge >= 0.3 is 6.03 Å². The molecule has 0 bridgehead atoms. The number of urea groups is 1. The van der Waals surface area contributed by atoms with Gasteiger partial charge in [0.05, 0.1) is 17.3 Å². The van der Waals surface area contributed by atoms with E-state index in [9.17, 15) is 9.90 Å². The van der Waals surface area contributed by atoms with Crippen molar-refractivity contribution in [2.75, 3.05) is 11.9 Å². The molecule has 1 aromatic heterocycles. The molecule has 156 valence electrons. The van der Waals surface area contributed by atoms with Gasteiger partial charge in [-0.3, -0.25) is 0 Å². The Kier molecular flexibility index (Phi) is 6.24. The highest BCUT2D eigenvalue weighted by molar-refractivity contribution is 5.96. The Morgan fingerprint density at radius 3 is 2.29 bits per heavy atom. The predicted molar refractivity (Wildman–Crippen MR) is 126 cm³/mol. The fraction of sp³-hybridized carbons (Fsp3) is 0.154. The number of anilines is 1. The summed E-state index contributed by atoms with van der Waals surface area (Å²) in [5.41, 5.74) is 5.62. The van der Waals surface area contributed by atoms with E-state index in [1.165, 1.54) is 0 Å². The van der Waals surface area contributed by atoms with Crippen molar-refractivity contribution < 1.29 is 9.90 Å². The first-order valence-electron chi connectivity index (χ1n) is 10.4. The van der Waals surface area contributed by atoms with Gasteiger partial charge in [0.2, 0.25) is 0 Å². The normalized spacial score (nSPS) is 11.8. The minimum absolute atomic E-state index is 0.218. The summed E-state index contributed by atoms with van der Waals surface area (Å²) in [6.07, 6.45) is 0.0462. The van der Waals surface area contributed by atoms with Crippen molar-refractivity contribution in [1.82, 2.24) is 10.3 Å². The number of hydrogen-bond acceptors (Lipinski definition) is 3. The second-order valence-electron chi connectivity index (χ2n) is 7.42. The third kappa shape index (κ3) is 4.90. The maximum atomic E-state index is 12.1. The molecule has 0 spiro atoms. The van der Waals surface area contributed by atoms with E-state index in [1.807, 2.05) is 61.5 Å². The van der Waals surface area contributed by atoms with Crippen molar-refractivity contribution in [2.24, 2.45) is 0 Å². The second kappa shape index (κ2) is 9.41. The second-order valence-corrected chi connectivity index (χ2v) is 7.42. The minimum atomic E-state index is -0.545. The Hall–Kier alpha value is -3.70. The van der Waals surface area contributed by atoms with Crippen LogP contribution in [0.3, 0.4) is 0 Å². The Bertz CT molecular complexity index is 1180. The summed E-state index contributed by atoms with van der Waals surface area (Å²) in [5.74, 6) is 0. The molecular formula is C26H25N3O2. The quantitative estimate of drug-likeness (QED) is 0.394. The Morgan fingerprint density at radius 1 is 0.935 bits per heavy atom. The van der Waals surface area contributed by atoms with Crippen molar-refractivity contribution in [3.63, 3.8) is 0 Å². The lowest BCUT2D eigenvalue weighted by Crippen LogP contribution is -2.34.